The third kappa shape index (κ3) is 1.51. The van der Waals surface area contributed by atoms with Gasteiger partial charge in [0.2, 0.25) is 12.4 Å². The van der Waals surface area contributed by atoms with E-state index in [2.05, 4.69) is 15.3 Å². The van der Waals surface area contributed by atoms with Crippen molar-refractivity contribution in [1.82, 2.24) is 5.32 Å². The molecule has 1 unspecified atom stereocenters. The average molecular weight is 123 g/mol. The van der Waals surface area contributed by atoms with Crippen molar-refractivity contribution in [3.63, 3.8) is 0 Å². The Labute approximate surface area is 52.0 Å². The zero-order chi connectivity index (χ0) is 6.53. The number of nitrogens with one attached hydrogen (secondary N) is 1. The topological polar surface area (TPSA) is 53.8 Å². The number of carbonyl (C=O) groups excluding carboxylic acids is 1. The zero-order valence-electron chi connectivity index (χ0n) is 4.61. The van der Waals surface area contributed by atoms with Crippen LogP contribution in [-0.2, 0) is 4.79 Å². The summed E-state index contributed by atoms with van der Waals surface area (Å²) in [5, 5.41) is 2.71. The molecule has 0 aliphatic carbocycles. The van der Waals surface area contributed by atoms with Gasteiger partial charge < -0.3 is 5.32 Å². The molecule has 0 saturated carbocycles. The summed E-state index contributed by atoms with van der Waals surface area (Å²) in [5.74, 6) is 0. The second-order valence-corrected chi connectivity index (χ2v) is 1.42. The number of nitrogens with zero attached hydrogens (tertiary/aromatic N) is 2. The Bertz CT molecular complexity index is 190. The van der Waals surface area contributed by atoms with Crippen LogP contribution in [-0.4, -0.2) is 18.6 Å². The monoisotopic (exact) mass is 123 g/mol. The van der Waals surface area contributed by atoms with E-state index in [1.54, 1.807) is 18.5 Å². The largest absolute Gasteiger partial charge is 0.351 e. The number of allylic oxidation sites excluding steroid dienone is 1. The van der Waals surface area contributed by atoms with Crippen molar-refractivity contribution in [2.24, 2.45) is 9.98 Å². The van der Waals surface area contributed by atoms with Crippen molar-refractivity contribution in [3.8, 4) is 0 Å². The van der Waals surface area contributed by atoms with E-state index in [4.69, 9.17) is 0 Å². The molecule has 9 heavy (non-hydrogen) atoms. The van der Waals surface area contributed by atoms with Gasteiger partial charge in [0.05, 0.1) is 0 Å². The van der Waals surface area contributed by atoms with Crippen LogP contribution >= 0.6 is 0 Å². The first kappa shape index (κ1) is 5.72. The number of hydrogen-bond acceptors (Lipinski definition) is 4. The minimum Gasteiger partial charge on any atom is -0.351 e. The minimum absolute atomic E-state index is 0.465. The molecule has 1 N–H and O–H groups in total. The van der Waals surface area contributed by atoms with Crippen molar-refractivity contribution in [3.05, 3.63) is 12.3 Å². The second-order valence-electron chi connectivity index (χ2n) is 1.42. The Kier molecular flexibility index (Phi) is 1.77. The summed E-state index contributed by atoms with van der Waals surface area (Å²) in [4.78, 5) is 16.7. The molecular weight excluding hydrogens is 118 g/mol. The van der Waals surface area contributed by atoms with Crippen LogP contribution in [0.2, 0.25) is 0 Å². The summed E-state index contributed by atoms with van der Waals surface area (Å²) in [7, 11) is 0. The lowest BCUT2D eigenvalue weighted by molar-refractivity contribution is 0.551. The molecule has 46 valence electrons. The Hall–Kier alpha value is -1.41. The maximum absolute atomic E-state index is 9.64. The Morgan fingerprint density at radius 3 is 3.22 bits per heavy atom. The fraction of sp³-hybridized carbons (Fsp3) is 0.200. The summed E-state index contributed by atoms with van der Waals surface area (Å²) in [6.45, 7) is 0. The van der Waals surface area contributed by atoms with Crippen LogP contribution in [0.1, 0.15) is 0 Å². The Morgan fingerprint density at radius 1 is 1.78 bits per heavy atom. The molecule has 1 aliphatic heterocycles. The first-order valence-corrected chi connectivity index (χ1v) is 2.45. The molecule has 1 rings (SSSR count). The van der Waals surface area contributed by atoms with Crippen LogP contribution in [0.25, 0.3) is 0 Å². The van der Waals surface area contributed by atoms with E-state index in [-0.39, 0.29) is 0 Å². The highest BCUT2D eigenvalue weighted by atomic mass is 16.1. The van der Waals surface area contributed by atoms with Gasteiger partial charge in [-0.1, -0.05) is 0 Å². The van der Waals surface area contributed by atoms with Gasteiger partial charge in [0.1, 0.15) is 0 Å². The predicted molar refractivity (Wildman–Crippen MR) is 32.7 cm³/mol. The van der Waals surface area contributed by atoms with Crippen LogP contribution in [0, 0.1) is 0 Å². The second kappa shape index (κ2) is 2.79. The molecule has 0 aromatic heterocycles. The standard InChI is InChI=1S/C5H5N3O/c9-4-8-5-6-2-1-3-7-5/h1-3,5-6H. The van der Waals surface area contributed by atoms with E-state index in [0.717, 1.165) is 0 Å². The van der Waals surface area contributed by atoms with E-state index < -0.39 is 6.29 Å². The fourth-order valence-corrected chi connectivity index (χ4v) is 0.479. The molecule has 0 amide bonds. The molecule has 0 spiro atoms. The molecule has 4 nitrogen and oxygen atoms in total. The van der Waals surface area contributed by atoms with Crippen molar-refractivity contribution >= 4 is 12.3 Å². The quantitative estimate of drug-likeness (QED) is 0.387. The summed E-state index contributed by atoms with van der Waals surface area (Å²) >= 11 is 0. The van der Waals surface area contributed by atoms with E-state index in [0.29, 0.717) is 0 Å². The number of aliphatic imine (C=N–C) groups is 2. The lowest BCUT2D eigenvalue weighted by Gasteiger charge is -2.05. The van der Waals surface area contributed by atoms with Crippen LogP contribution in [0.15, 0.2) is 22.3 Å². The lowest BCUT2D eigenvalue weighted by Crippen LogP contribution is -2.21. The minimum atomic E-state index is -0.465. The number of hydrogen-bond donors (Lipinski definition) is 1. The number of rotatable bonds is 1. The Morgan fingerprint density at radius 2 is 2.67 bits per heavy atom. The SMILES string of the molecule is O=C=NC1N=CC=CN1. The summed E-state index contributed by atoms with van der Waals surface area (Å²) < 4.78 is 0. The van der Waals surface area contributed by atoms with Crippen LogP contribution < -0.4 is 5.32 Å². The van der Waals surface area contributed by atoms with Gasteiger partial charge in [-0.15, -0.1) is 0 Å². The van der Waals surface area contributed by atoms with Gasteiger partial charge in [0.15, 0.2) is 0 Å². The maximum atomic E-state index is 9.64. The van der Waals surface area contributed by atoms with Gasteiger partial charge in [-0.3, -0.25) is 0 Å². The smallest absolute Gasteiger partial charge is 0.238 e. The molecule has 0 bridgehead atoms. The zero-order valence-corrected chi connectivity index (χ0v) is 4.61. The molecule has 1 atom stereocenters. The molecule has 1 heterocycles. The summed E-state index contributed by atoms with van der Waals surface area (Å²) in [6, 6.07) is 0. The highest BCUT2D eigenvalue weighted by Gasteiger charge is 1.98. The average Bonchev–Trinajstić information content (AvgIpc) is 1.91. The van der Waals surface area contributed by atoms with Crippen LogP contribution in [0.4, 0.5) is 0 Å². The molecule has 0 radical (unpaired) electrons. The first-order chi connectivity index (χ1) is 4.43. The van der Waals surface area contributed by atoms with E-state index in [1.807, 2.05) is 0 Å². The van der Waals surface area contributed by atoms with Gasteiger partial charge in [0.25, 0.3) is 0 Å². The highest BCUT2D eigenvalue weighted by Crippen LogP contribution is 1.89. The highest BCUT2D eigenvalue weighted by molar-refractivity contribution is 5.71. The van der Waals surface area contributed by atoms with E-state index >= 15 is 0 Å². The third-order valence-electron chi connectivity index (χ3n) is 0.830. The molecule has 0 aromatic carbocycles. The molecule has 0 saturated heterocycles. The molecule has 0 fully saturated rings. The fourth-order valence-electron chi connectivity index (χ4n) is 0.479. The maximum Gasteiger partial charge on any atom is 0.238 e. The normalized spacial score (nSPS) is 22.4. The molecular formula is C5H5N3O. The molecule has 4 heteroatoms. The van der Waals surface area contributed by atoms with Gasteiger partial charge in [-0.25, -0.2) is 9.79 Å². The van der Waals surface area contributed by atoms with E-state index in [1.165, 1.54) is 6.08 Å². The summed E-state index contributed by atoms with van der Waals surface area (Å²) in [5.41, 5.74) is 0. The van der Waals surface area contributed by atoms with Crippen molar-refractivity contribution in [1.29, 1.82) is 0 Å². The number of isocyanates is 1. The molecule has 0 aromatic rings. The molecule has 1 aliphatic rings. The van der Waals surface area contributed by atoms with Gasteiger partial charge >= 0.3 is 0 Å². The van der Waals surface area contributed by atoms with Gasteiger partial charge in [-0.2, -0.15) is 4.99 Å². The van der Waals surface area contributed by atoms with Gasteiger partial charge in [0, 0.05) is 12.4 Å². The predicted octanol–water partition coefficient (Wildman–Crippen LogP) is -0.206. The van der Waals surface area contributed by atoms with Crippen molar-refractivity contribution in [2.45, 2.75) is 6.29 Å². The van der Waals surface area contributed by atoms with Gasteiger partial charge in [-0.05, 0) is 6.08 Å². The van der Waals surface area contributed by atoms with Crippen LogP contribution in [0.5, 0.6) is 0 Å². The Balaban J connectivity index is 2.55. The summed E-state index contributed by atoms with van der Waals surface area (Å²) in [6.07, 6.45) is 5.89. The van der Waals surface area contributed by atoms with Crippen molar-refractivity contribution < 1.29 is 4.79 Å². The lowest BCUT2D eigenvalue weighted by atomic mass is 10.6. The van der Waals surface area contributed by atoms with Crippen molar-refractivity contribution in [2.75, 3.05) is 0 Å². The third-order valence-corrected chi connectivity index (χ3v) is 0.830. The first-order valence-electron chi connectivity index (χ1n) is 2.45. The van der Waals surface area contributed by atoms with Crippen LogP contribution in [0.3, 0.4) is 0 Å². The van der Waals surface area contributed by atoms with E-state index in [9.17, 15) is 4.79 Å².